The molecule has 1 rings (SSSR count). The summed E-state index contributed by atoms with van der Waals surface area (Å²) >= 11 is 0. The summed E-state index contributed by atoms with van der Waals surface area (Å²) in [5, 5.41) is 0. The number of amides is 1. The molecule has 1 saturated heterocycles. The van der Waals surface area contributed by atoms with Gasteiger partial charge in [-0.05, 0) is 25.7 Å². The van der Waals surface area contributed by atoms with Gasteiger partial charge in [-0.25, -0.2) is 0 Å². The lowest BCUT2D eigenvalue weighted by molar-refractivity contribution is -0.134. The smallest absolute Gasteiger partial charge is 0.225 e. The monoisotopic (exact) mass is 223 g/mol. The molecule has 1 heterocycles. The normalized spacial score (nSPS) is 20.1. The summed E-state index contributed by atoms with van der Waals surface area (Å²) < 4.78 is 5.56. The van der Waals surface area contributed by atoms with Gasteiger partial charge in [0.15, 0.2) is 0 Å². The van der Waals surface area contributed by atoms with Gasteiger partial charge in [0, 0.05) is 13.2 Å². The van der Waals surface area contributed by atoms with Gasteiger partial charge in [-0.2, -0.15) is 0 Å². The van der Waals surface area contributed by atoms with Gasteiger partial charge in [-0.1, -0.05) is 12.8 Å². The molecule has 0 saturated carbocycles. The van der Waals surface area contributed by atoms with E-state index >= 15 is 0 Å². The molecule has 1 amide bonds. The van der Waals surface area contributed by atoms with Crippen molar-refractivity contribution in [1.82, 2.24) is 4.90 Å². The van der Waals surface area contributed by atoms with Gasteiger partial charge in [0.1, 0.15) is 0 Å². The molecule has 3 heteroatoms. The maximum atomic E-state index is 11.9. The molecule has 0 aromatic heterocycles. The van der Waals surface area contributed by atoms with Crippen molar-refractivity contribution < 1.29 is 9.53 Å². The summed E-state index contributed by atoms with van der Waals surface area (Å²) in [7, 11) is 0. The Morgan fingerprint density at radius 1 is 1.56 bits per heavy atom. The molecule has 90 valence electrons. The number of hydrogen-bond donors (Lipinski definition) is 0. The maximum Gasteiger partial charge on any atom is 0.225 e. The SMILES string of the molecule is C#CCN(CCC)C(=O)CC1CCCCO1. The number of nitrogens with zero attached hydrogens (tertiary/aromatic N) is 1. The topological polar surface area (TPSA) is 29.5 Å². The largest absolute Gasteiger partial charge is 0.378 e. The number of ether oxygens (including phenoxy) is 1. The minimum absolute atomic E-state index is 0.110. The van der Waals surface area contributed by atoms with E-state index in [1.54, 1.807) is 4.90 Å². The van der Waals surface area contributed by atoms with E-state index < -0.39 is 0 Å². The number of hydrogen-bond acceptors (Lipinski definition) is 2. The Morgan fingerprint density at radius 2 is 2.38 bits per heavy atom. The van der Waals surface area contributed by atoms with E-state index in [2.05, 4.69) is 5.92 Å². The third kappa shape index (κ3) is 4.24. The Kier molecular flexibility index (Phi) is 5.95. The first-order chi connectivity index (χ1) is 7.77. The fourth-order valence-electron chi connectivity index (χ4n) is 1.96. The van der Waals surface area contributed by atoms with Gasteiger partial charge in [0.25, 0.3) is 0 Å². The number of carbonyl (C=O) groups is 1. The van der Waals surface area contributed by atoms with Crippen LogP contribution in [0.4, 0.5) is 0 Å². The Balaban J connectivity index is 2.38. The number of carbonyl (C=O) groups excluding carboxylic acids is 1. The van der Waals surface area contributed by atoms with E-state index in [0.717, 1.165) is 32.4 Å². The fourth-order valence-corrected chi connectivity index (χ4v) is 1.96. The summed E-state index contributed by atoms with van der Waals surface area (Å²) in [6.45, 7) is 4.00. The Hall–Kier alpha value is -1.01. The van der Waals surface area contributed by atoms with Crippen molar-refractivity contribution >= 4 is 5.91 Å². The average molecular weight is 223 g/mol. The molecule has 0 aromatic carbocycles. The molecule has 0 bridgehead atoms. The zero-order chi connectivity index (χ0) is 11.8. The molecule has 1 aliphatic heterocycles. The van der Waals surface area contributed by atoms with Crippen LogP contribution in [0.1, 0.15) is 39.0 Å². The van der Waals surface area contributed by atoms with Crippen LogP contribution >= 0.6 is 0 Å². The highest BCUT2D eigenvalue weighted by Crippen LogP contribution is 2.16. The molecule has 0 aromatic rings. The molecular weight excluding hydrogens is 202 g/mol. The standard InChI is InChI=1S/C13H21NO2/c1-3-8-14(9-4-2)13(15)11-12-7-5-6-10-16-12/h1,12H,4-11H2,2H3. The lowest BCUT2D eigenvalue weighted by Crippen LogP contribution is -2.35. The minimum atomic E-state index is 0.110. The second-order valence-electron chi connectivity index (χ2n) is 4.21. The van der Waals surface area contributed by atoms with Crippen molar-refractivity contribution in [3.8, 4) is 12.3 Å². The van der Waals surface area contributed by atoms with Crippen LogP contribution in [0.15, 0.2) is 0 Å². The highest BCUT2D eigenvalue weighted by molar-refractivity contribution is 5.77. The lowest BCUT2D eigenvalue weighted by atomic mass is 10.1. The van der Waals surface area contributed by atoms with Gasteiger partial charge in [0.2, 0.25) is 5.91 Å². The summed E-state index contributed by atoms with van der Waals surface area (Å²) in [6, 6.07) is 0. The van der Waals surface area contributed by atoms with E-state index in [1.165, 1.54) is 6.42 Å². The van der Waals surface area contributed by atoms with E-state index in [4.69, 9.17) is 11.2 Å². The van der Waals surface area contributed by atoms with Crippen molar-refractivity contribution in [3.05, 3.63) is 0 Å². The van der Waals surface area contributed by atoms with Crippen molar-refractivity contribution in [1.29, 1.82) is 0 Å². The van der Waals surface area contributed by atoms with Gasteiger partial charge >= 0.3 is 0 Å². The summed E-state index contributed by atoms with van der Waals surface area (Å²) in [6.07, 6.45) is 10.1. The van der Waals surface area contributed by atoms with Crippen molar-refractivity contribution in [2.45, 2.75) is 45.1 Å². The molecule has 0 N–H and O–H groups in total. The molecule has 0 radical (unpaired) electrons. The van der Waals surface area contributed by atoms with Crippen LogP contribution in [-0.4, -0.2) is 36.6 Å². The quantitative estimate of drug-likeness (QED) is 0.665. The summed E-state index contributed by atoms with van der Waals surface area (Å²) in [4.78, 5) is 13.7. The van der Waals surface area contributed by atoms with Crippen LogP contribution < -0.4 is 0 Å². The summed E-state index contributed by atoms with van der Waals surface area (Å²) in [5.41, 5.74) is 0. The summed E-state index contributed by atoms with van der Waals surface area (Å²) in [5.74, 6) is 2.67. The molecule has 1 unspecified atom stereocenters. The first-order valence-electron chi connectivity index (χ1n) is 6.10. The molecule has 3 nitrogen and oxygen atoms in total. The van der Waals surface area contributed by atoms with Crippen LogP contribution in [0.3, 0.4) is 0 Å². The zero-order valence-corrected chi connectivity index (χ0v) is 10.1. The Labute approximate surface area is 98.1 Å². The molecule has 0 spiro atoms. The second-order valence-corrected chi connectivity index (χ2v) is 4.21. The van der Waals surface area contributed by atoms with Crippen molar-refractivity contribution in [3.63, 3.8) is 0 Å². The van der Waals surface area contributed by atoms with Crippen molar-refractivity contribution in [2.24, 2.45) is 0 Å². The lowest BCUT2D eigenvalue weighted by Gasteiger charge is -2.25. The number of terminal acetylenes is 1. The first kappa shape index (κ1) is 13.1. The molecule has 16 heavy (non-hydrogen) atoms. The van der Waals surface area contributed by atoms with Crippen LogP contribution in [0, 0.1) is 12.3 Å². The molecular formula is C13H21NO2. The average Bonchev–Trinajstić information content (AvgIpc) is 2.30. The van der Waals surface area contributed by atoms with Gasteiger partial charge < -0.3 is 9.64 Å². The molecule has 1 aliphatic rings. The van der Waals surface area contributed by atoms with Gasteiger partial charge in [-0.3, -0.25) is 4.79 Å². The molecule has 1 atom stereocenters. The second kappa shape index (κ2) is 7.29. The molecule has 0 aliphatic carbocycles. The Morgan fingerprint density at radius 3 is 2.94 bits per heavy atom. The van der Waals surface area contributed by atoms with Gasteiger partial charge in [0.05, 0.1) is 19.1 Å². The first-order valence-corrected chi connectivity index (χ1v) is 6.10. The maximum absolute atomic E-state index is 11.9. The van der Waals surface area contributed by atoms with Crippen LogP contribution in [0.5, 0.6) is 0 Å². The third-order valence-electron chi connectivity index (χ3n) is 2.80. The molecule has 1 fully saturated rings. The van der Waals surface area contributed by atoms with Crippen LogP contribution in [-0.2, 0) is 9.53 Å². The predicted molar refractivity (Wildman–Crippen MR) is 63.9 cm³/mol. The Bertz CT molecular complexity index is 251. The minimum Gasteiger partial charge on any atom is -0.378 e. The van der Waals surface area contributed by atoms with E-state index in [9.17, 15) is 4.79 Å². The van der Waals surface area contributed by atoms with E-state index in [1.807, 2.05) is 6.92 Å². The number of rotatable bonds is 5. The fraction of sp³-hybridized carbons (Fsp3) is 0.769. The van der Waals surface area contributed by atoms with Crippen molar-refractivity contribution in [2.75, 3.05) is 19.7 Å². The van der Waals surface area contributed by atoms with E-state index in [-0.39, 0.29) is 12.0 Å². The van der Waals surface area contributed by atoms with Crippen LogP contribution in [0.25, 0.3) is 0 Å². The van der Waals surface area contributed by atoms with E-state index in [0.29, 0.717) is 13.0 Å². The van der Waals surface area contributed by atoms with Crippen LogP contribution in [0.2, 0.25) is 0 Å². The van der Waals surface area contributed by atoms with Gasteiger partial charge in [-0.15, -0.1) is 6.42 Å². The third-order valence-corrected chi connectivity index (χ3v) is 2.80. The highest BCUT2D eigenvalue weighted by atomic mass is 16.5. The predicted octanol–water partition coefficient (Wildman–Crippen LogP) is 1.82. The zero-order valence-electron chi connectivity index (χ0n) is 10.1. The highest BCUT2D eigenvalue weighted by Gasteiger charge is 2.20.